The zero-order chi connectivity index (χ0) is 15.6. The average Bonchev–Trinajstić information content (AvgIpc) is 2.82. The van der Waals surface area contributed by atoms with Crippen LogP contribution in [0.1, 0.15) is 34.7 Å². The highest BCUT2D eigenvalue weighted by Gasteiger charge is 2.35. The molecular weight excluding hydrogens is 306 g/mol. The van der Waals surface area contributed by atoms with E-state index < -0.39 is 23.6 Å². The van der Waals surface area contributed by atoms with E-state index in [1.165, 1.54) is 6.07 Å². The Hall–Kier alpha value is -1.54. The highest BCUT2D eigenvalue weighted by atomic mass is 32.1. The van der Waals surface area contributed by atoms with E-state index >= 15 is 0 Å². The van der Waals surface area contributed by atoms with Gasteiger partial charge in [-0.25, -0.2) is 4.39 Å². The van der Waals surface area contributed by atoms with Crippen molar-refractivity contribution in [3.63, 3.8) is 0 Å². The van der Waals surface area contributed by atoms with Crippen LogP contribution in [-0.4, -0.2) is 16.1 Å². The molecule has 0 saturated heterocycles. The van der Waals surface area contributed by atoms with Gasteiger partial charge in [-0.3, -0.25) is 0 Å². The minimum absolute atomic E-state index is 0.333. The van der Waals surface area contributed by atoms with E-state index in [0.29, 0.717) is 17.8 Å². The molecule has 1 aromatic carbocycles. The van der Waals surface area contributed by atoms with Gasteiger partial charge in [0.1, 0.15) is 5.82 Å². The number of rotatable bonds is 4. The summed E-state index contributed by atoms with van der Waals surface area (Å²) in [5, 5.41) is 6.95. The lowest BCUT2D eigenvalue weighted by molar-refractivity contribution is -0.140. The lowest BCUT2D eigenvalue weighted by atomic mass is 10.0. The molecule has 1 N–H and O–H groups in total. The van der Waals surface area contributed by atoms with Crippen molar-refractivity contribution in [1.82, 2.24) is 14.9 Å². The van der Waals surface area contributed by atoms with Crippen LogP contribution in [0.4, 0.5) is 17.6 Å². The summed E-state index contributed by atoms with van der Waals surface area (Å²) in [5.74, 6) is -1.28. The number of benzene rings is 1. The van der Waals surface area contributed by atoms with Crippen molar-refractivity contribution < 1.29 is 17.6 Å². The molecular formula is C13H13F4N3S. The second-order valence-electron chi connectivity index (χ2n) is 4.45. The molecule has 0 aliphatic heterocycles. The van der Waals surface area contributed by atoms with Crippen molar-refractivity contribution in [2.24, 2.45) is 0 Å². The summed E-state index contributed by atoms with van der Waals surface area (Å²) < 4.78 is 55.6. The Kier molecular flexibility index (Phi) is 4.58. The van der Waals surface area contributed by atoms with Gasteiger partial charge in [-0.05, 0) is 42.7 Å². The van der Waals surface area contributed by atoms with E-state index in [1.54, 1.807) is 6.92 Å². The predicted octanol–water partition coefficient (Wildman–Crippen LogP) is 3.70. The number of hydrogen-bond acceptors (Lipinski definition) is 4. The number of alkyl halides is 3. The van der Waals surface area contributed by atoms with Crippen LogP contribution in [0.15, 0.2) is 18.2 Å². The molecule has 0 aliphatic carbocycles. The zero-order valence-electron chi connectivity index (χ0n) is 11.3. The Labute approximate surface area is 123 Å². The van der Waals surface area contributed by atoms with Crippen molar-refractivity contribution in [2.75, 3.05) is 6.54 Å². The van der Waals surface area contributed by atoms with Crippen molar-refractivity contribution in [2.45, 2.75) is 26.1 Å². The summed E-state index contributed by atoms with van der Waals surface area (Å²) >= 11 is 1.11. The SMILES string of the molecule is CCNC(c1ccc(F)c(C(F)(F)F)c1)c1snnc1C. The molecule has 1 unspecified atom stereocenters. The van der Waals surface area contributed by atoms with Crippen LogP contribution in [0.25, 0.3) is 0 Å². The standard InChI is InChI=1S/C13H13F4N3S/c1-3-18-11(12-7(2)19-20-21-12)8-4-5-10(14)9(6-8)13(15,16)17/h4-6,11,18H,3H2,1-2H3. The van der Waals surface area contributed by atoms with Crippen LogP contribution in [0, 0.1) is 12.7 Å². The lowest BCUT2D eigenvalue weighted by Crippen LogP contribution is -2.22. The second kappa shape index (κ2) is 6.07. The average molecular weight is 319 g/mol. The van der Waals surface area contributed by atoms with E-state index in [1.807, 2.05) is 6.92 Å². The number of nitrogens with one attached hydrogen (secondary N) is 1. The first-order chi connectivity index (χ1) is 9.84. The number of halogens is 4. The van der Waals surface area contributed by atoms with Crippen LogP contribution in [0.3, 0.4) is 0 Å². The third kappa shape index (κ3) is 3.38. The molecule has 2 rings (SSSR count). The maximum absolute atomic E-state index is 13.4. The second-order valence-corrected chi connectivity index (χ2v) is 5.24. The third-order valence-electron chi connectivity index (χ3n) is 2.99. The van der Waals surface area contributed by atoms with Crippen LogP contribution < -0.4 is 5.32 Å². The summed E-state index contributed by atoms with van der Waals surface area (Å²) in [4.78, 5) is 0.719. The van der Waals surface area contributed by atoms with E-state index in [-0.39, 0.29) is 0 Å². The molecule has 0 amide bonds. The van der Waals surface area contributed by atoms with E-state index in [4.69, 9.17) is 0 Å². The molecule has 0 saturated carbocycles. The van der Waals surface area contributed by atoms with Gasteiger partial charge in [-0.15, -0.1) is 5.10 Å². The van der Waals surface area contributed by atoms with Gasteiger partial charge in [0.15, 0.2) is 0 Å². The van der Waals surface area contributed by atoms with Gasteiger partial charge in [0, 0.05) is 0 Å². The van der Waals surface area contributed by atoms with Gasteiger partial charge in [0.2, 0.25) is 0 Å². The molecule has 0 spiro atoms. The normalized spacial score (nSPS) is 13.4. The summed E-state index contributed by atoms with van der Waals surface area (Å²) in [7, 11) is 0. The molecule has 114 valence electrons. The molecule has 0 radical (unpaired) electrons. The number of nitrogens with zero attached hydrogens (tertiary/aromatic N) is 2. The lowest BCUT2D eigenvalue weighted by Gasteiger charge is -2.19. The Morgan fingerprint density at radius 1 is 1.33 bits per heavy atom. The maximum atomic E-state index is 13.4. The molecule has 0 aliphatic rings. The number of aromatic nitrogens is 2. The number of hydrogen-bond donors (Lipinski definition) is 1. The fourth-order valence-corrected chi connectivity index (χ4v) is 2.76. The van der Waals surface area contributed by atoms with E-state index in [2.05, 4.69) is 14.9 Å². The summed E-state index contributed by atoms with van der Waals surface area (Å²) in [6.45, 7) is 4.11. The van der Waals surface area contributed by atoms with Crippen LogP contribution in [-0.2, 0) is 6.18 Å². The van der Waals surface area contributed by atoms with Gasteiger partial charge < -0.3 is 5.32 Å². The molecule has 1 atom stereocenters. The summed E-state index contributed by atoms with van der Waals surface area (Å²) in [5.41, 5.74) is -0.290. The monoisotopic (exact) mass is 319 g/mol. The fourth-order valence-electron chi connectivity index (χ4n) is 2.01. The zero-order valence-corrected chi connectivity index (χ0v) is 12.1. The molecule has 21 heavy (non-hydrogen) atoms. The molecule has 1 aromatic heterocycles. The van der Waals surface area contributed by atoms with E-state index in [9.17, 15) is 17.6 Å². The Bertz CT molecular complexity index is 624. The van der Waals surface area contributed by atoms with Gasteiger partial charge in [0.05, 0.1) is 22.2 Å². The predicted molar refractivity (Wildman–Crippen MR) is 71.6 cm³/mol. The van der Waals surface area contributed by atoms with E-state index in [0.717, 1.165) is 28.5 Å². The first kappa shape index (κ1) is 15.8. The van der Waals surface area contributed by atoms with Gasteiger partial charge in [-0.1, -0.05) is 17.5 Å². The first-order valence-electron chi connectivity index (χ1n) is 6.23. The number of aryl methyl sites for hydroxylation is 1. The maximum Gasteiger partial charge on any atom is 0.419 e. The quantitative estimate of drug-likeness (QED) is 0.873. The minimum Gasteiger partial charge on any atom is -0.306 e. The van der Waals surface area contributed by atoms with Gasteiger partial charge >= 0.3 is 6.18 Å². The Morgan fingerprint density at radius 2 is 2.05 bits per heavy atom. The van der Waals surface area contributed by atoms with Crippen LogP contribution in [0.2, 0.25) is 0 Å². The Balaban J connectivity index is 2.49. The molecule has 3 nitrogen and oxygen atoms in total. The Morgan fingerprint density at radius 3 is 2.57 bits per heavy atom. The van der Waals surface area contributed by atoms with Gasteiger partial charge in [-0.2, -0.15) is 13.2 Å². The van der Waals surface area contributed by atoms with Gasteiger partial charge in [0.25, 0.3) is 0 Å². The highest BCUT2D eigenvalue weighted by Crippen LogP contribution is 2.35. The smallest absolute Gasteiger partial charge is 0.306 e. The summed E-state index contributed by atoms with van der Waals surface area (Å²) in [6.07, 6.45) is -4.72. The minimum atomic E-state index is -4.72. The third-order valence-corrected chi connectivity index (χ3v) is 3.88. The molecule has 1 heterocycles. The topological polar surface area (TPSA) is 37.8 Å². The largest absolute Gasteiger partial charge is 0.419 e. The van der Waals surface area contributed by atoms with Crippen LogP contribution >= 0.6 is 11.5 Å². The fraction of sp³-hybridized carbons (Fsp3) is 0.385. The first-order valence-corrected chi connectivity index (χ1v) is 7.00. The molecule has 0 bridgehead atoms. The summed E-state index contributed by atoms with van der Waals surface area (Å²) in [6, 6.07) is 2.53. The molecule has 2 aromatic rings. The molecule has 8 heteroatoms. The van der Waals surface area contributed by atoms with Crippen molar-refractivity contribution in [3.05, 3.63) is 45.7 Å². The van der Waals surface area contributed by atoms with Crippen LogP contribution in [0.5, 0.6) is 0 Å². The molecule has 0 fully saturated rings. The van der Waals surface area contributed by atoms with Crippen molar-refractivity contribution >= 4 is 11.5 Å². The van der Waals surface area contributed by atoms with Crippen molar-refractivity contribution in [1.29, 1.82) is 0 Å². The van der Waals surface area contributed by atoms with Crippen molar-refractivity contribution in [3.8, 4) is 0 Å². The highest BCUT2D eigenvalue weighted by molar-refractivity contribution is 7.05.